The predicted molar refractivity (Wildman–Crippen MR) is 121 cm³/mol. The molecule has 2 heterocycles. The Bertz CT molecular complexity index is 1050. The molecule has 1 aliphatic heterocycles. The SMILES string of the molecule is CC(=O)Nc1nc(SCC(=O)N2CC(C)OC(C)C2)[nH]c(=O)c1NC(=O)c1ccccc1. The van der Waals surface area contributed by atoms with Crippen LogP contribution in [0.25, 0.3) is 0 Å². The van der Waals surface area contributed by atoms with Crippen molar-refractivity contribution >= 4 is 41.0 Å². The van der Waals surface area contributed by atoms with Crippen molar-refractivity contribution in [2.75, 3.05) is 29.5 Å². The number of aromatic amines is 1. The zero-order chi connectivity index (χ0) is 23.3. The number of carbonyl (C=O) groups excluding carboxylic acids is 3. The third-order valence-corrected chi connectivity index (χ3v) is 5.43. The molecule has 10 nitrogen and oxygen atoms in total. The Morgan fingerprint density at radius 2 is 1.81 bits per heavy atom. The van der Waals surface area contributed by atoms with Gasteiger partial charge in [-0.1, -0.05) is 30.0 Å². The first-order valence-electron chi connectivity index (χ1n) is 10.1. The number of morpholine rings is 1. The maximum absolute atomic E-state index is 12.7. The molecule has 2 aromatic rings. The van der Waals surface area contributed by atoms with E-state index in [1.165, 1.54) is 6.92 Å². The van der Waals surface area contributed by atoms with Crippen molar-refractivity contribution in [3.05, 3.63) is 46.2 Å². The molecule has 1 aromatic carbocycles. The van der Waals surface area contributed by atoms with Gasteiger partial charge in [-0.2, -0.15) is 0 Å². The van der Waals surface area contributed by atoms with Crippen LogP contribution >= 0.6 is 11.8 Å². The fourth-order valence-electron chi connectivity index (χ4n) is 3.27. The van der Waals surface area contributed by atoms with Gasteiger partial charge in [-0.3, -0.25) is 24.2 Å². The lowest BCUT2D eigenvalue weighted by Crippen LogP contribution is -2.48. The topological polar surface area (TPSA) is 133 Å². The molecule has 1 fully saturated rings. The summed E-state index contributed by atoms with van der Waals surface area (Å²) in [5.74, 6) is -1.12. The summed E-state index contributed by atoms with van der Waals surface area (Å²) in [5.41, 5.74) is -0.476. The van der Waals surface area contributed by atoms with Gasteiger partial charge in [-0.15, -0.1) is 0 Å². The fraction of sp³-hybridized carbons (Fsp3) is 0.381. The largest absolute Gasteiger partial charge is 0.372 e. The highest BCUT2D eigenvalue weighted by molar-refractivity contribution is 7.99. The number of hydrogen-bond donors (Lipinski definition) is 3. The molecule has 2 atom stereocenters. The Kier molecular flexibility index (Phi) is 7.65. The summed E-state index contributed by atoms with van der Waals surface area (Å²) >= 11 is 1.04. The monoisotopic (exact) mass is 459 g/mol. The van der Waals surface area contributed by atoms with Crippen molar-refractivity contribution in [3.63, 3.8) is 0 Å². The Morgan fingerprint density at radius 3 is 2.44 bits per heavy atom. The van der Waals surface area contributed by atoms with Gasteiger partial charge in [0, 0.05) is 25.6 Å². The normalized spacial score (nSPS) is 18.2. The van der Waals surface area contributed by atoms with Gasteiger partial charge in [0.2, 0.25) is 11.8 Å². The van der Waals surface area contributed by atoms with Gasteiger partial charge in [-0.05, 0) is 26.0 Å². The molecule has 11 heteroatoms. The molecule has 1 aromatic heterocycles. The molecule has 170 valence electrons. The minimum absolute atomic E-state index is 0.0514. The van der Waals surface area contributed by atoms with Gasteiger partial charge in [0.1, 0.15) is 0 Å². The molecule has 2 unspecified atom stereocenters. The Balaban J connectivity index is 1.75. The number of nitrogens with one attached hydrogen (secondary N) is 3. The van der Waals surface area contributed by atoms with Gasteiger partial charge in [0.25, 0.3) is 11.5 Å². The second-order valence-corrected chi connectivity index (χ2v) is 8.40. The van der Waals surface area contributed by atoms with Gasteiger partial charge in [-0.25, -0.2) is 4.98 Å². The third kappa shape index (κ3) is 6.17. The number of rotatable bonds is 6. The molecule has 0 spiro atoms. The molecule has 3 N–H and O–H groups in total. The summed E-state index contributed by atoms with van der Waals surface area (Å²) in [6.45, 7) is 6.07. The summed E-state index contributed by atoms with van der Waals surface area (Å²) in [6, 6.07) is 8.34. The molecule has 1 aliphatic rings. The van der Waals surface area contributed by atoms with Crippen molar-refractivity contribution in [1.29, 1.82) is 0 Å². The second kappa shape index (κ2) is 10.4. The molecule has 0 bridgehead atoms. The second-order valence-electron chi connectivity index (χ2n) is 7.44. The first-order chi connectivity index (χ1) is 15.2. The maximum Gasteiger partial charge on any atom is 0.277 e. The van der Waals surface area contributed by atoms with Crippen molar-refractivity contribution in [3.8, 4) is 0 Å². The number of hydrogen-bond acceptors (Lipinski definition) is 7. The highest BCUT2D eigenvalue weighted by atomic mass is 32.2. The summed E-state index contributed by atoms with van der Waals surface area (Å²) in [4.78, 5) is 57.8. The van der Waals surface area contributed by atoms with Crippen LogP contribution in [0, 0.1) is 0 Å². The summed E-state index contributed by atoms with van der Waals surface area (Å²) in [6.07, 6.45) is -0.103. The number of ether oxygens (including phenoxy) is 1. The van der Waals surface area contributed by atoms with E-state index in [0.29, 0.717) is 18.7 Å². The fourth-order valence-corrected chi connectivity index (χ4v) is 4.04. The Labute approximate surface area is 189 Å². The number of thioether (sulfide) groups is 1. The average Bonchev–Trinajstić information content (AvgIpc) is 2.73. The number of aromatic nitrogens is 2. The number of benzene rings is 1. The highest BCUT2D eigenvalue weighted by Crippen LogP contribution is 2.21. The summed E-state index contributed by atoms with van der Waals surface area (Å²) < 4.78 is 5.64. The van der Waals surface area contributed by atoms with Crippen LogP contribution < -0.4 is 16.2 Å². The highest BCUT2D eigenvalue weighted by Gasteiger charge is 2.26. The molecule has 3 amide bonds. The van der Waals surface area contributed by atoms with Gasteiger partial charge in [0.05, 0.1) is 18.0 Å². The lowest BCUT2D eigenvalue weighted by atomic mass is 10.2. The smallest absolute Gasteiger partial charge is 0.277 e. The number of amides is 3. The number of anilines is 2. The van der Waals surface area contributed by atoms with E-state index in [1.54, 1.807) is 35.2 Å². The van der Waals surface area contributed by atoms with E-state index in [9.17, 15) is 19.2 Å². The standard InChI is InChI=1S/C21H25N5O5S/c1-12-9-26(10-13(2)31-12)16(28)11-32-21-24-18(22-14(3)27)17(20(30)25-21)23-19(29)15-7-5-4-6-8-15/h4-8,12-13H,9-11H2,1-3H3,(H,23,29)(H2,22,24,25,27,30). The summed E-state index contributed by atoms with van der Waals surface area (Å²) in [7, 11) is 0. The third-order valence-electron chi connectivity index (χ3n) is 4.57. The zero-order valence-electron chi connectivity index (χ0n) is 18.0. The van der Waals surface area contributed by atoms with Crippen LogP contribution in [-0.4, -0.2) is 63.6 Å². The van der Waals surface area contributed by atoms with E-state index in [1.807, 2.05) is 13.8 Å². The van der Waals surface area contributed by atoms with Crippen LogP contribution in [0.5, 0.6) is 0 Å². The van der Waals surface area contributed by atoms with Crippen molar-refractivity contribution < 1.29 is 19.1 Å². The lowest BCUT2D eigenvalue weighted by Gasteiger charge is -2.35. The van der Waals surface area contributed by atoms with E-state index >= 15 is 0 Å². The first kappa shape index (κ1) is 23.5. The average molecular weight is 460 g/mol. The van der Waals surface area contributed by atoms with Crippen LogP contribution in [0.1, 0.15) is 31.1 Å². The van der Waals surface area contributed by atoms with Crippen LogP contribution in [0.15, 0.2) is 40.3 Å². The van der Waals surface area contributed by atoms with Gasteiger partial charge < -0.3 is 20.3 Å². The minimum Gasteiger partial charge on any atom is -0.372 e. The number of nitrogens with zero attached hydrogens (tertiary/aromatic N) is 2. The van der Waals surface area contributed by atoms with E-state index in [4.69, 9.17) is 4.74 Å². The molecule has 3 rings (SSSR count). The van der Waals surface area contributed by atoms with E-state index < -0.39 is 17.4 Å². The molecular weight excluding hydrogens is 434 g/mol. The summed E-state index contributed by atoms with van der Waals surface area (Å²) in [5, 5.41) is 5.11. The van der Waals surface area contributed by atoms with Crippen LogP contribution in [0.2, 0.25) is 0 Å². The van der Waals surface area contributed by atoms with E-state index in [2.05, 4.69) is 20.6 Å². The Hall–Kier alpha value is -3.18. The van der Waals surface area contributed by atoms with Gasteiger partial charge >= 0.3 is 0 Å². The van der Waals surface area contributed by atoms with Crippen molar-refractivity contribution in [2.45, 2.75) is 38.1 Å². The number of carbonyl (C=O) groups is 3. The van der Waals surface area contributed by atoms with E-state index in [0.717, 1.165) is 11.8 Å². The van der Waals surface area contributed by atoms with Crippen LogP contribution in [0.3, 0.4) is 0 Å². The lowest BCUT2D eigenvalue weighted by molar-refractivity contribution is -0.140. The molecule has 32 heavy (non-hydrogen) atoms. The Morgan fingerprint density at radius 1 is 1.16 bits per heavy atom. The zero-order valence-corrected chi connectivity index (χ0v) is 18.8. The van der Waals surface area contributed by atoms with Gasteiger partial charge in [0.15, 0.2) is 16.7 Å². The minimum atomic E-state index is -0.642. The van der Waals surface area contributed by atoms with Crippen molar-refractivity contribution in [2.24, 2.45) is 0 Å². The molecular formula is C21H25N5O5S. The molecule has 0 aliphatic carbocycles. The quantitative estimate of drug-likeness (QED) is 0.442. The van der Waals surface area contributed by atoms with Crippen LogP contribution in [-0.2, 0) is 14.3 Å². The first-order valence-corrected chi connectivity index (χ1v) is 11.1. The number of H-pyrrole nitrogens is 1. The maximum atomic E-state index is 12.7. The molecule has 1 saturated heterocycles. The molecule has 0 radical (unpaired) electrons. The van der Waals surface area contributed by atoms with Crippen molar-refractivity contribution in [1.82, 2.24) is 14.9 Å². The van der Waals surface area contributed by atoms with E-state index in [-0.39, 0.29) is 40.5 Å². The predicted octanol–water partition coefficient (Wildman–Crippen LogP) is 1.71. The van der Waals surface area contributed by atoms with Crippen LogP contribution in [0.4, 0.5) is 11.5 Å². The molecule has 0 saturated carbocycles.